The van der Waals surface area contributed by atoms with Gasteiger partial charge in [-0.1, -0.05) is 60.7 Å². The summed E-state index contributed by atoms with van der Waals surface area (Å²) in [5.41, 5.74) is 0.641. The molecule has 0 amide bonds. The number of aliphatic carboxylic acids is 1. The Kier molecular flexibility index (Phi) is 4.12. The lowest BCUT2D eigenvalue weighted by molar-refractivity contribution is -0.152. The molecule has 3 heterocycles. The Morgan fingerprint density at radius 1 is 1.23 bits per heavy atom. The van der Waals surface area contributed by atoms with Gasteiger partial charge in [-0.2, -0.15) is 0 Å². The van der Waals surface area contributed by atoms with Crippen molar-refractivity contribution in [2.24, 2.45) is 5.92 Å². The molecule has 30 heavy (non-hydrogen) atoms. The molecule has 2 aliphatic heterocycles. The zero-order chi connectivity index (χ0) is 21.4. The van der Waals surface area contributed by atoms with Gasteiger partial charge in [0.1, 0.15) is 0 Å². The summed E-state index contributed by atoms with van der Waals surface area (Å²) in [4.78, 5) is 15.6. The third-order valence-electron chi connectivity index (χ3n) is 6.50. The lowest BCUT2D eigenvalue weighted by Gasteiger charge is -2.51. The normalized spacial score (nSPS) is 27.2. The number of hydrogen-bond donors (Lipinski definition) is 1. The van der Waals surface area contributed by atoms with Crippen molar-refractivity contribution in [1.82, 2.24) is 10.1 Å². The Hall–Kier alpha value is -2.38. The van der Waals surface area contributed by atoms with E-state index in [1.807, 2.05) is 68.1 Å². The van der Waals surface area contributed by atoms with E-state index in [0.29, 0.717) is 22.0 Å². The van der Waals surface area contributed by atoms with Gasteiger partial charge < -0.3 is 14.5 Å². The summed E-state index contributed by atoms with van der Waals surface area (Å²) in [6, 6.07) is 14.1. The van der Waals surface area contributed by atoms with Gasteiger partial charge in [0.25, 0.3) is 0 Å². The third-order valence-corrected chi connectivity index (χ3v) is 8.82. The van der Waals surface area contributed by atoms with Crippen molar-refractivity contribution in [3.8, 4) is 11.3 Å². The van der Waals surface area contributed by atoms with Crippen LogP contribution in [0.25, 0.3) is 22.1 Å². The molecular formula is C23H22N2O3S2. The highest BCUT2D eigenvalue weighted by Crippen LogP contribution is 2.64. The van der Waals surface area contributed by atoms with Crippen molar-refractivity contribution in [1.29, 1.82) is 0 Å². The maximum absolute atomic E-state index is 13.0. The molecule has 3 atom stereocenters. The lowest BCUT2D eigenvalue weighted by atomic mass is 9.73. The van der Waals surface area contributed by atoms with Crippen molar-refractivity contribution in [3.63, 3.8) is 0 Å². The molecule has 154 valence electrons. The van der Waals surface area contributed by atoms with Gasteiger partial charge in [0.05, 0.1) is 26.4 Å². The molecule has 0 unspecified atom stereocenters. The van der Waals surface area contributed by atoms with Crippen molar-refractivity contribution in [2.45, 2.75) is 43.4 Å². The second-order valence-corrected chi connectivity index (χ2v) is 10.7. The lowest BCUT2D eigenvalue weighted by Crippen LogP contribution is -2.67. The zero-order valence-electron chi connectivity index (χ0n) is 17.2. The van der Waals surface area contributed by atoms with Crippen LogP contribution in [-0.2, 0) is 10.3 Å². The van der Waals surface area contributed by atoms with E-state index in [0.717, 1.165) is 16.3 Å². The third kappa shape index (κ3) is 2.28. The van der Waals surface area contributed by atoms with E-state index in [9.17, 15) is 9.90 Å². The fourth-order valence-electron chi connectivity index (χ4n) is 5.01. The second kappa shape index (κ2) is 6.31. The van der Waals surface area contributed by atoms with Gasteiger partial charge in [0.2, 0.25) is 0 Å². The van der Waals surface area contributed by atoms with Crippen LogP contribution in [0, 0.1) is 12.8 Å². The number of benzene rings is 2. The summed E-state index contributed by atoms with van der Waals surface area (Å²) < 4.78 is 5.15. The summed E-state index contributed by atoms with van der Waals surface area (Å²) in [7, 11) is 0. The summed E-state index contributed by atoms with van der Waals surface area (Å²) in [6.07, 6.45) is 0. The second-order valence-electron chi connectivity index (χ2n) is 8.57. The Morgan fingerprint density at radius 2 is 1.93 bits per heavy atom. The fourth-order valence-corrected chi connectivity index (χ4v) is 7.31. The van der Waals surface area contributed by atoms with Gasteiger partial charge in [-0.05, 0) is 37.6 Å². The van der Waals surface area contributed by atoms with E-state index in [-0.39, 0.29) is 11.3 Å². The van der Waals surface area contributed by atoms with Gasteiger partial charge in [0, 0.05) is 11.5 Å². The highest BCUT2D eigenvalue weighted by molar-refractivity contribution is 8.01. The average Bonchev–Trinajstić information content (AvgIpc) is 3.20. The molecule has 2 fully saturated rings. The maximum Gasteiger partial charge on any atom is 0.336 e. The minimum absolute atomic E-state index is 0.0300. The number of hydrogen-bond acceptors (Lipinski definition) is 5. The minimum Gasteiger partial charge on any atom is -0.479 e. The largest absolute Gasteiger partial charge is 0.479 e. The first-order valence-electron chi connectivity index (χ1n) is 9.90. The van der Waals surface area contributed by atoms with E-state index in [2.05, 4.69) is 12.1 Å². The van der Waals surface area contributed by atoms with Crippen LogP contribution >= 0.6 is 24.0 Å². The first-order chi connectivity index (χ1) is 14.2. The van der Waals surface area contributed by atoms with Gasteiger partial charge in [-0.3, -0.25) is 0 Å². The number of rotatable bonds is 3. The maximum atomic E-state index is 13.0. The number of carboxylic acids is 1. The number of carbonyl (C=O) groups is 1. The van der Waals surface area contributed by atoms with Crippen LogP contribution in [0.1, 0.15) is 32.0 Å². The summed E-state index contributed by atoms with van der Waals surface area (Å²) >= 11 is 7.32. The van der Waals surface area contributed by atoms with Crippen LogP contribution in [0.15, 0.2) is 47.0 Å². The van der Waals surface area contributed by atoms with Gasteiger partial charge in [0.15, 0.2) is 11.3 Å². The Balaban J connectivity index is 1.78. The van der Waals surface area contributed by atoms with Crippen LogP contribution in [0.3, 0.4) is 0 Å². The van der Waals surface area contributed by atoms with Crippen molar-refractivity contribution in [2.75, 3.05) is 0 Å². The highest BCUT2D eigenvalue weighted by atomic mass is 32.2. The molecule has 2 aliphatic rings. The Labute approximate surface area is 184 Å². The number of thioether (sulfide) groups is 1. The summed E-state index contributed by atoms with van der Waals surface area (Å²) in [6.45, 7) is 7.84. The molecule has 1 aromatic heterocycles. The van der Waals surface area contributed by atoms with Crippen LogP contribution in [0.5, 0.6) is 0 Å². The first kappa shape index (κ1) is 19.6. The van der Waals surface area contributed by atoms with Crippen molar-refractivity contribution in [3.05, 3.63) is 53.7 Å². The van der Waals surface area contributed by atoms with Crippen LogP contribution in [0.4, 0.5) is 0 Å². The highest BCUT2D eigenvalue weighted by Gasteiger charge is 2.72. The molecule has 1 N–H and O–H groups in total. The van der Waals surface area contributed by atoms with Gasteiger partial charge in [-0.15, -0.1) is 11.8 Å². The van der Waals surface area contributed by atoms with E-state index in [1.54, 1.807) is 11.8 Å². The van der Waals surface area contributed by atoms with Gasteiger partial charge >= 0.3 is 5.97 Å². The molecular weight excluding hydrogens is 416 g/mol. The minimum atomic E-state index is -1.35. The Morgan fingerprint density at radius 3 is 2.63 bits per heavy atom. The average molecular weight is 439 g/mol. The number of aromatic nitrogens is 1. The molecule has 5 rings (SSSR count). The van der Waals surface area contributed by atoms with Crippen molar-refractivity contribution >= 4 is 45.7 Å². The molecule has 2 saturated heterocycles. The smallest absolute Gasteiger partial charge is 0.336 e. The topological polar surface area (TPSA) is 66.6 Å². The number of carboxylic acid groups (broad SMARTS) is 1. The molecule has 5 nitrogen and oxygen atoms in total. The standard InChI is InChI=1S/C23H22N2O3S2/c1-12-19(29)25-20(12)30-22(3,4)23(25,21(26)27)17-13(2)24-28-18(17)16-10-9-14-7-5-6-8-15(14)11-16/h5-12,20H,1-4H3,(H,26,27)/t12-,20-,23+/m1/s1. The summed E-state index contributed by atoms with van der Waals surface area (Å²) in [5.74, 6) is -0.266. The predicted octanol–water partition coefficient (Wildman–Crippen LogP) is 5.21. The molecule has 0 bridgehead atoms. The van der Waals surface area contributed by atoms with E-state index in [4.69, 9.17) is 16.7 Å². The van der Waals surface area contributed by atoms with E-state index < -0.39 is 16.3 Å². The SMILES string of the molecule is Cc1noc(-c2ccc3ccccc3c2)c1[C@@]1(C(=O)O)N2C(=S)[C@@H](C)[C@H]2SC1(C)C. The van der Waals surface area contributed by atoms with Crippen LogP contribution in [-0.4, -0.2) is 36.2 Å². The monoisotopic (exact) mass is 438 g/mol. The van der Waals surface area contributed by atoms with Gasteiger partial charge in [-0.25, -0.2) is 4.79 Å². The van der Waals surface area contributed by atoms with Crippen LogP contribution in [0.2, 0.25) is 0 Å². The predicted molar refractivity (Wildman–Crippen MR) is 123 cm³/mol. The number of nitrogens with zero attached hydrogens (tertiary/aromatic N) is 2. The van der Waals surface area contributed by atoms with E-state index >= 15 is 0 Å². The number of fused-ring (bicyclic) bond motifs is 2. The molecule has 0 saturated carbocycles. The molecule has 0 radical (unpaired) electrons. The number of aryl methyl sites for hydroxylation is 1. The molecule has 3 aromatic rings. The molecule has 2 aromatic carbocycles. The Bertz CT molecular complexity index is 1220. The molecule has 0 spiro atoms. The molecule has 0 aliphatic carbocycles. The fraction of sp³-hybridized carbons (Fsp3) is 0.348. The van der Waals surface area contributed by atoms with Crippen molar-refractivity contribution < 1.29 is 14.4 Å². The first-order valence-corrected chi connectivity index (χ1v) is 11.2. The molecule has 7 heteroatoms. The summed E-state index contributed by atoms with van der Waals surface area (Å²) in [5, 5.41) is 17.1. The quantitative estimate of drug-likeness (QED) is 0.563. The number of thiocarbonyl (C=S) groups is 1. The van der Waals surface area contributed by atoms with Crippen LogP contribution < -0.4 is 0 Å². The van der Waals surface area contributed by atoms with E-state index in [1.165, 1.54) is 0 Å². The zero-order valence-corrected chi connectivity index (χ0v) is 18.8.